The van der Waals surface area contributed by atoms with Gasteiger partial charge in [0, 0.05) is 31.4 Å². The van der Waals surface area contributed by atoms with Crippen LogP contribution in [0.5, 0.6) is 0 Å². The van der Waals surface area contributed by atoms with Crippen molar-refractivity contribution >= 4 is 22.4 Å². The van der Waals surface area contributed by atoms with Gasteiger partial charge in [0.25, 0.3) is 0 Å². The Bertz CT molecular complexity index is 743. The number of benzene rings is 2. The molecule has 1 aromatic heterocycles. The molecule has 0 spiro atoms. The zero-order chi connectivity index (χ0) is 14.8. The number of hydrogen-bond donors (Lipinski definition) is 2. The predicted molar refractivity (Wildman–Crippen MR) is 88.7 cm³/mol. The first-order chi connectivity index (χ1) is 10.1. The van der Waals surface area contributed by atoms with Gasteiger partial charge in [0.05, 0.1) is 11.0 Å². The number of aryl methyl sites for hydroxylation is 1. The van der Waals surface area contributed by atoms with Gasteiger partial charge >= 0.3 is 0 Å². The maximum Gasteiger partial charge on any atom is 0.109 e. The van der Waals surface area contributed by atoms with Gasteiger partial charge in [-0.2, -0.15) is 0 Å². The minimum atomic E-state index is 0.759. The lowest BCUT2D eigenvalue weighted by Gasteiger charge is -2.18. The summed E-state index contributed by atoms with van der Waals surface area (Å²) in [4.78, 5) is 10.2. The molecule has 0 radical (unpaired) electrons. The highest BCUT2D eigenvalue weighted by Gasteiger charge is 2.05. The number of nitrogens with two attached hydrogens (primary N) is 1. The number of fused-ring (bicyclic) bond motifs is 1. The molecule has 108 valence electrons. The van der Waals surface area contributed by atoms with Crippen LogP contribution in [0.25, 0.3) is 11.0 Å². The maximum atomic E-state index is 5.79. The molecule has 0 atom stereocenters. The van der Waals surface area contributed by atoms with E-state index in [1.165, 1.54) is 11.3 Å². The van der Waals surface area contributed by atoms with Crippen LogP contribution in [0.3, 0.4) is 0 Å². The summed E-state index contributed by atoms with van der Waals surface area (Å²) in [7, 11) is 2.10. The van der Waals surface area contributed by atoms with Gasteiger partial charge in [0.2, 0.25) is 0 Å². The molecule has 0 amide bonds. The largest absolute Gasteiger partial charge is 0.399 e. The predicted octanol–water partition coefficient (Wildman–Crippen LogP) is 3.13. The summed E-state index contributed by atoms with van der Waals surface area (Å²) in [6.45, 7) is 3.02. The summed E-state index contributed by atoms with van der Waals surface area (Å²) in [5.41, 5.74) is 11.0. The van der Waals surface area contributed by atoms with Gasteiger partial charge in [-0.3, -0.25) is 0 Å². The van der Waals surface area contributed by atoms with Crippen molar-refractivity contribution in [3.8, 4) is 0 Å². The van der Waals surface area contributed by atoms with Crippen molar-refractivity contribution in [3.63, 3.8) is 0 Å². The molecule has 0 saturated carbocycles. The van der Waals surface area contributed by atoms with Crippen molar-refractivity contribution in [1.29, 1.82) is 0 Å². The number of nitrogen functional groups attached to an aromatic ring is 1. The molecule has 0 aliphatic heterocycles. The highest BCUT2D eigenvalue weighted by atomic mass is 15.1. The molecule has 0 bridgehead atoms. The van der Waals surface area contributed by atoms with E-state index in [2.05, 4.69) is 53.1 Å². The number of rotatable bonds is 4. The Kier molecular flexibility index (Phi) is 3.52. The monoisotopic (exact) mass is 280 g/mol. The number of nitrogens with zero attached hydrogens (tertiary/aromatic N) is 2. The molecular weight excluding hydrogens is 260 g/mol. The Hall–Kier alpha value is -2.49. The molecule has 0 unspecified atom stereocenters. The molecule has 0 aliphatic carbocycles. The number of anilines is 2. The fourth-order valence-electron chi connectivity index (χ4n) is 2.40. The molecule has 3 rings (SSSR count). The van der Waals surface area contributed by atoms with Crippen LogP contribution < -0.4 is 10.6 Å². The molecule has 4 nitrogen and oxygen atoms in total. The summed E-state index contributed by atoms with van der Waals surface area (Å²) in [5.74, 6) is 0.995. The molecule has 0 saturated heterocycles. The van der Waals surface area contributed by atoms with E-state index in [-0.39, 0.29) is 0 Å². The van der Waals surface area contributed by atoms with E-state index < -0.39 is 0 Å². The van der Waals surface area contributed by atoms with Crippen molar-refractivity contribution in [2.75, 3.05) is 24.2 Å². The summed E-state index contributed by atoms with van der Waals surface area (Å²) >= 11 is 0. The van der Waals surface area contributed by atoms with E-state index in [1.54, 1.807) is 0 Å². The molecule has 3 N–H and O–H groups in total. The molecule has 1 heterocycles. The summed E-state index contributed by atoms with van der Waals surface area (Å²) in [5, 5.41) is 0. The Labute approximate surface area is 124 Å². The van der Waals surface area contributed by atoms with Crippen LogP contribution >= 0.6 is 0 Å². The van der Waals surface area contributed by atoms with Gasteiger partial charge in [-0.25, -0.2) is 4.98 Å². The van der Waals surface area contributed by atoms with Crippen LogP contribution in [0.4, 0.5) is 11.4 Å². The summed E-state index contributed by atoms with van der Waals surface area (Å²) in [6.07, 6.45) is 0.874. The number of imidazole rings is 1. The number of nitrogens with one attached hydrogen (secondary N) is 1. The molecule has 0 fully saturated rings. The van der Waals surface area contributed by atoms with Crippen molar-refractivity contribution in [3.05, 3.63) is 53.9 Å². The highest BCUT2D eigenvalue weighted by molar-refractivity contribution is 5.78. The lowest BCUT2D eigenvalue weighted by atomic mass is 10.2. The van der Waals surface area contributed by atoms with Crippen LogP contribution in [0, 0.1) is 6.92 Å². The fourth-order valence-corrected chi connectivity index (χ4v) is 2.40. The van der Waals surface area contributed by atoms with Crippen LogP contribution in [0.15, 0.2) is 42.5 Å². The lowest BCUT2D eigenvalue weighted by molar-refractivity contribution is 0.838. The van der Waals surface area contributed by atoms with Gasteiger partial charge in [0.1, 0.15) is 5.82 Å². The van der Waals surface area contributed by atoms with Crippen molar-refractivity contribution in [1.82, 2.24) is 9.97 Å². The number of aromatic amines is 1. The topological polar surface area (TPSA) is 57.9 Å². The quantitative estimate of drug-likeness (QED) is 0.722. The maximum absolute atomic E-state index is 5.79. The van der Waals surface area contributed by atoms with Crippen LogP contribution in [0.2, 0.25) is 0 Å². The average molecular weight is 280 g/mol. The van der Waals surface area contributed by atoms with Gasteiger partial charge in [0.15, 0.2) is 0 Å². The van der Waals surface area contributed by atoms with E-state index in [0.29, 0.717) is 0 Å². The number of hydrogen-bond acceptors (Lipinski definition) is 3. The second-order valence-electron chi connectivity index (χ2n) is 5.47. The van der Waals surface area contributed by atoms with Gasteiger partial charge in [-0.05, 0) is 37.3 Å². The fraction of sp³-hybridized carbons (Fsp3) is 0.235. The smallest absolute Gasteiger partial charge is 0.109 e. The second-order valence-corrected chi connectivity index (χ2v) is 5.47. The van der Waals surface area contributed by atoms with Gasteiger partial charge < -0.3 is 15.6 Å². The molecule has 2 aromatic carbocycles. The zero-order valence-electron chi connectivity index (χ0n) is 12.4. The summed E-state index contributed by atoms with van der Waals surface area (Å²) < 4.78 is 0. The van der Waals surface area contributed by atoms with E-state index >= 15 is 0 Å². The first-order valence-corrected chi connectivity index (χ1v) is 7.14. The first-order valence-electron chi connectivity index (χ1n) is 7.14. The lowest BCUT2D eigenvalue weighted by Crippen LogP contribution is -2.20. The Morgan fingerprint density at radius 2 is 1.90 bits per heavy atom. The zero-order valence-corrected chi connectivity index (χ0v) is 12.4. The van der Waals surface area contributed by atoms with E-state index in [4.69, 9.17) is 5.73 Å². The minimum absolute atomic E-state index is 0.759. The third-order valence-electron chi connectivity index (χ3n) is 3.71. The third kappa shape index (κ3) is 2.99. The Balaban J connectivity index is 1.69. The van der Waals surface area contributed by atoms with Crippen molar-refractivity contribution in [2.24, 2.45) is 0 Å². The minimum Gasteiger partial charge on any atom is -0.399 e. The Morgan fingerprint density at radius 3 is 2.67 bits per heavy atom. The third-order valence-corrected chi connectivity index (χ3v) is 3.71. The SMILES string of the molecule is Cc1ccc(N(C)CCc2nc3ccc(N)cc3[nH]2)cc1. The molecule has 4 heteroatoms. The van der Waals surface area contributed by atoms with Gasteiger partial charge in [-0.15, -0.1) is 0 Å². The van der Waals surface area contributed by atoms with Crippen molar-refractivity contribution < 1.29 is 0 Å². The van der Waals surface area contributed by atoms with Gasteiger partial charge in [-0.1, -0.05) is 17.7 Å². The van der Waals surface area contributed by atoms with E-state index in [0.717, 1.165) is 35.5 Å². The summed E-state index contributed by atoms with van der Waals surface area (Å²) in [6, 6.07) is 14.3. The first kappa shape index (κ1) is 13.5. The van der Waals surface area contributed by atoms with Crippen LogP contribution in [-0.4, -0.2) is 23.6 Å². The standard InChI is InChI=1S/C17H20N4/c1-12-3-6-14(7-4-12)21(2)10-9-17-19-15-8-5-13(18)11-16(15)20-17/h3-8,11H,9-10,18H2,1-2H3,(H,19,20). The molecular formula is C17H20N4. The van der Waals surface area contributed by atoms with E-state index in [1.807, 2.05) is 18.2 Å². The number of aromatic nitrogens is 2. The number of likely N-dealkylation sites (N-methyl/N-ethyl adjacent to an activating group) is 1. The number of H-pyrrole nitrogens is 1. The van der Waals surface area contributed by atoms with E-state index in [9.17, 15) is 0 Å². The van der Waals surface area contributed by atoms with Crippen LogP contribution in [0.1, 0.15) is 11.4 Å². The second kappa shape index (κ2) is 5.48. The molecule has 0 aliphatic rings. The Morgan fingerprint density at radius 1 is 1.14 bits per heavy atom. The van der Waals surface area contributed by atoms with Crippen molar-refractivity contribution in [2.45, 2.75) is 13.3 Å². The van der Waals surface area contributed by atoms with Crippen LogP contribution in [-0.2, 0) is 6.42 Å². The molecule has 3 aromatic rings. The average Bonchev–Trinajstić information content (AvgIpc) is 2.87. The molecule has 21 heavy (non-hydrogen) atoms. The highest BCUT2D eigenvalue weighted by Crippen LogP contribution is 2.17. The normalized spacial score (nSPS) is 11.0.